The molecule has 2 aromatic carbocycles. The normalized spacial score (nSPS) is 18.6. The average Bonchev–Trinajstić information content (AvgIpc) is 3.41. The molecule has 6 nitrogen and oxygen atoms in total. The van der Waals surface area contributed by atoms with E-state index in [0.29, 0.717) is 30.7 Å². The maximum Gasteiger partial charge on any atom is 0.295 e. The van der Waals surface area contributed by atoms with Crippen LogP contribution in [0.1, 0.15) is 35.3 Å². The quantitative estimate of drug-likeness (QED) is 0.407. The lowest BCUT2D eigenvalue weighted by molar-refractivity contribution is 0.0534. The van der Waals surface area contributed by atoms with Crippen molar-refractivity contribution in [1.82, 2.24) is 14.9 Å². The van der Waals surface area contributed by atoms with Gasteiger partial charge in [-0.15, -0.1) is 11.3 Å². The molecule has 33 heavy (non-hydrogen) atoms. The number of nitrogens with one attached hydrogen (secondary N) is 1. The summed E-state index contributed by atoms with van der Waals surface area (Å²) < 4.78 is 19.2. The van der Waals surface area contributed by atoms with E-state index < -0.39 is 0 Å². The number of piperidine rings is 1. The number of hydrogen-bond acceptors (Lipinski definition) is 6. The first-order chi connectivity index (χ1) is 16.0. The molecule has 1 aliphatic heterocycles. The second-order valence-corrected chi connectivity index (χ2v) is 9.67. The lowest BCUT2D eigenvalue weighted by atomic mass is 9.90. The van der Waals surface area contributed by atoms with Crippen molar-refractivity contribution in [2.75, 3.05) is 18.4 Å². The largest absolute Gasteiger partial charge is 0.424 e. The molecule has 2 atom stereocenters. The lowest BCUT2D eigenvalue weighted by Gasteiger charge is -2.39. The first-order valence-electron chi connectivity index (χ1n) is 11.1. The highest BCUT2D eigenvalue weighted by Crippen LogP contribution is 2.33. The standard InChI is InChI=1S/C25H25FN4O2S/c1-15-6-5-13-30(20(15)14-27-25-29-19-7-3-4-8-21(19)32-25)24(31)22-23(33-16(2)28-22)17-9-11-18(26)12-10-17/h3-4,7-12,15,20H,5-6,13-14H2,1-2H3,(H,27,29)/t15-,20-/m0/s1. The summed E-state index contributed by atoms with van der Waals surface area (Å²) in [6.07, 6.45) is 1.99. The number of fused-ring (bicyclic) bond motifs is 1. The minimum Gasteiger partial charge on any atom is -0.424 e. The number of halogens is 1. The maximum absolute atomic E-state index is 13.7. The highest BCUT2D eigenvalue weighted by atomic mass is 32.1. The molecular weight excluding hydrogens is 439 g/mol. The molecule has 2 aromatic heterocycles. The molecule has 0 unspecified atom stereocenters. The third-order valence-electron chi connectivity index (χ3n) is 6.18. The SMILES string of the molecule is Cc1nc(C(=O)N2CCC[C@H](C)[C@@H]2CNc2nc3ccccc3o2)c(-c2ccc(F)cc2)s1. The number of amides is 1. The zero-order valence-electron chi connectivity index (χ0n) is 18.5. The number of nitrogens with zero attached hydrogens (tertiary/aromatic N) is 3. The van der Waals surface area contributed by atoms with Gasteiger partial charge in [0.05, 0.1) is 15.9 Å². The van der Waals surface area contributed by atoms with Crippen LogP contribution in [0.2, 0.25) is 0 Å². The van der Waals surface area contributed by atoms with E-state index in [2.05, 4.69) is 22.2 Å². The molecule has 1 saturated heterocycles. The van der Waals surface area contributed by atoms with Crippen LogP contribution in [-0.4, -0.2) is 39.9 Å². The third kappa shape index (κ3) is 4.35. The van der Waals surface area contributed by atoms with Gasteiger partial charge in [-0.3, -0.25) is 4.79 Å². The number of anilines is 1. The smallest absolute Gasteiger partial charge is 0.295 e. The molecule has 5 rings (SSSR count). The highest BCUT2D eigenvalue weighted by molar-refractivity contribution is 7.15. The van der Waals surface area contributed by atoms with E-state index in [0.717, 1.165) is 39.4 Å². The van der Waals surface area contributed by atoms with E-state index in [1.165, 1.54) is 23.5 Å². The molecule has 1 fully saturated rings. The third-order valence-corrected chi connectivity index (χ3v) is 7.20. The summed E-state index contributed by atoms with van der Waals surface area (Å²) in [4.78, 5) is 25.5. The van der Waals surface area contributed by atoms with Gasteiger partial charge in [-0.1, -0.05) is 31.2 Å². The van der Waals surface area contributed by atoms with Gasteiger partial charge < -0.3 is 14.6 Å². The number of aryl methyl sites for hydroxylation is 1. The van der Waals surface area contributed by atoms with E-state index in [-0.39, 0.29) is 17.8 Å². The van der Waals surface area contributed by atoms with Crippen LogP contribution in [0, 0.1) is 18.7 Å². The van der Waals surface area contributed by atoms with E-state index in [9.17, 15) is 9.18 Å². The second kappa shape index (κ2) is 8.94. The number of benzene rings is 2. The van der Waals surface area contributed by atoms with Gasteiger partial charge in [0.25, 0.3) is 11.9 Å². The Bertz CT molecular complexity index is 1250. The first-order valence-corrected chi connectivity index (χ1v) is 11.9. The van der Waals surface area contributed by atoms with Crippen molar-refractivity contribution in [3.63, 3.8) is 0 Å². The number of carbonyl (C=O) groups excluding carboxylic acids is 1. The summed E-state index contributed by atoms with van der Waals surface area (Å²) >= 11 is 1.46. The fraction of sp³-hybridized carbons (Fsp3) is 0.320. The van der Waals surface area contributed by atoms with Crippen LogP contribution in [0.15, 0.2) is 52.9 Å². The summed E-state index contributed by atoms with van der Waals surface area (Å²) in [7, 11) is 0. The van der Waals surface area contributed by atoms with Crippen LogP contribution in [0.3, 0.4) is 0 Å². The summed E-state index contributed by atoms with van der Waals surface area (Å²) in [6.45, 7) is 5.27. The van der Waals surface area contributed by atoms with Crippen molar-refractivity contribution in [2.45, 2.75) is 32.7 Å². The fourth-order valence-electron chi connectivity index (χ4n) is 4.46. The number of oxazole rings is 1. The molecule has 0 radical (unpaired) electrons. The van der Waals surface area contributed by atoms with Crippen LogP contribution in [0.25, 0.3) is 21.5 Å². The van der Waals surface area contributed by atoms with Gasteiger partial charge in [-0.25, -0.2) is 9.37 Å². The molecule has 0 aliphatic carbocycles. The molecule has 8 heteroatoms. The molecule has 1 N–H and O–H groups in total. The van der Waals surface area contributed by atoms with Gasteiger partial charge in [-0.05, 0) is 55.5 Å². The van der Waals surface area contributed by atoms with Crippen LogP contribution < -0.4 is 5.32 Å². The van der Waals surface area contributed by atoms with Crippen LogP contribution in [0.4, 0.5) is 10.4 Å². The Kier molecular flexibility index (Phi) is 5.85. The van der Waals surface area contributed by atoms with Crippen molar-refractivity contribution in [1.29, 1.82) is 0 Å². The summed E-state index contributed by atoms with van der Waals surface area (Å²) in [5.41, 5.74) is 2.76. The van der Waals surface area contributed by atoms with Crippen molar-refractivity contribution in [3.8, 4) is 10.4 Å². The van der Waals surface area contributed by atoms with Gasteiger partial charge in [0.2, 0.25) is 0 Å². The van der Waals surface area contributed by atoms with E-state index in [1.807, 2.05) is 36.1 Å². The summed E-state index contributed by atoms with van der Waals surface area (Å²) in [6, 6.07) is 14.3. The Morgan fingerprint density at radius 2 is 2.00 bits per heavy atom. The van der Waals surface area contributed by atoms with Crippen molar-refractivity contribution in [2.24, 2.45) is 5.92 Å². The topological polar surface area (TPSA) is 71.3 Å². The van der Waals surface area contributed by atoms with Crippen LogP contribution >= 0.6 is 11.3 Å². The van der Waals surface area contributed by atoms with Crippen LogP contribution in [-0.2, 0) is 0 Å². The van der Waals surface area contributed by atoms with Gasteiger partial charge >= 0.3 is 0 Å². The predicted molar refractivity (Wildman–Crippen MR) is 128 cm³/mol. The fourth-order valence-corrected chi connectivity index (χ4v) is 5.37. The minimum atomic E-state index is -0.303. The second-order valence-electron chi connectivity index (χ2n) is 8.47. The Morgan fingerprint density at radius 1 is 1.21 bits per heavy atom. The van der Waals surface area contributed by atoms with E-state index in [1.54, 1.807) is 12.1 Å². The van der Waals surface area contributed by atoms with E-state index in [4.69, 9.17) is 4.42 Å². The number of hydrogen-bond donors (Lipinski definition) is 1. The molecule has 0 saturated carbocycles. The summed E-state index contributed by atoms with van der Waals surface area (Å²) in [5, 5.41) is 4.11. The number of rotatable bonds is 5. The Morgan fingerprint density at radius 3 is 2.79 bits per heavy atom. The van der Waals surface area contributed by atoms with Crippen molar-refractivity contribution >= 4 is 34.4 Å². The molecule has 1 amide bonds. The zero-order chi connectivity index (χ0) is 22.9. The van der Waals surface area contributed by atoms with Crippen molar-refractivity contribution < 1.29 is 13.6 Å². The molecule has 4 aromatic rings. The van der Waals surface area contributed by atoms with Crippen molar-refractivity contribution in [3.05, 3.63) is 65.0 Å². The number of carbonyl (C=O) groups is 1. The monoisotopic (exact) mass is 464 g/mol. The average molecular weight is 465 g/mol. The van der Waals surface area contributed by atoms with Gasteiger partial charge in [0.1, 0.15) is 17.0 Å². The molecule has 0 bridgehead atoms. The number of aromatic nitrogens is 2. The molecule has 170 valence electrons. The van der Waals surface area contributed by atoms with Gasteiger partial charge in [0.15, 0.2) is 5.58 Å². The van der Waals surface area contributed by atoms with Gasteiger partial charge in [-0.2, -0.15) is 4.98 Å². The number of thiazole rings is 1. The van der Waals surface area contributed by atoms with Gasteiger partial charge in [0, 0.05) is 13.1 Å². The predicted octanol–water partition coefficient (Wildman–Crippen LogP) is 5.75. The zero-order valence-corrected chi connectivity index (χ0v) is 19.4. The lowest BCUT2D eigenvalue weighted by Crippen LogP contribution is -2.51. The number of likely N-dealkylation sites (tertiary alicyclic amines) is 1. The molecular formula is C25H25FN4O2S. The molecule has 0 spiro atoms. The maximum atomic E-state index is 13.7. The first kappa shape index (κ1) is 21.6. The Hall–Kier alpha value is -3.26. The Balaban J connectivity index is 1.39. The van der Waals surface area contributed by atoms with Crippen LogP contribution in [0.5, 0.6) is 0 Å². The number of para-hydroxylation sites is 2. The summed E-state index contributed by atoms with van der Waals surface area (Å²) in [5.74, 6) is -0.0776. The Labute approximate surface area is 195 Å². The minimum absolute atomic E-state index is 0.0238. The van der Waals surface area contributed by atoms with E-state index >= 15 is 0 Å². The highest BCUT2D eigenvalue weighted by Gasteiger charge is 2.34. The molecule has 1 aliphatic rings. The molecule has 3 heterocycles.